The van der Waals surface area contributed by atoms with Gasteiger partial charge in [-0.1, -0.05) is 12.1 Å². The third kappa shape index (κ3) is 5.52. The van der Waals surface area contributed by atoms with Crippen molar-refractivity contribution in [3.05, 3.63) is 46.5 Å². The molecular formula is C22H27N5O7S. The summed E-state index contributed by atoms with van der Waals surface area (Å²) >= 11 is 0. The van der Waals surface area contributed by atoms with Crippen LogP contribution in [0.25, 0.3) is 0 Å². The average molecular weight is 506 g/mol. The minimum atomic E-state index is -4.15. The molecule has 3 N–H and O–H groups in total. The van der Waals surface area contributed by atoms with Crippen molar-refractivity contribution in [2.45, 2.75) is 42.7 Å². The van der Waals surface area contributed by atoms with Crippen LogP contribution in [0.5, 0.6) is 5.75 Å². The molecule has 1 amide bonds. The molecule has 1 atom stereocenters. The molecule has 1 unspecified atom stereocenters. The van der Waals surface area contributed by atoms with E-state index in [9.17, 15) is 28.4 Å². The maximum absolute atomic E-state index is 12.6. The zero-order valence-electron chi connectivity index (χ0n) is 19.1. The second-order valence-corrected chi connectivity index (χ2v) is 10.4. The van der Waals surface area contributed by atoms with Gasteiger partial charge in [0.1, 0.15) is 5.82 Å². The van der Waals surface area contributed by atoms with Crippen molar-refractivity contribution in [3.63, 3.8) is 0 Å². The molecular weight excluding hydrogens is 478 g/mol. The number of anilines is 2. The number of nitrogens with zero attached hydrogens (tertiary/aromatic N) is 3. The molecule has 12 nitrogen and oxygen atoms in total. The number of pyridine rings is 1. The molecule has 1 aromatic heterocycles. The standard InChI is InChI=1S/C22H27N5O7S/c1-26(20-11-10-18-22(24-20)25-21(29)13-34-18)15-8-6-14(7-9-15)17(28)12-23-35(32,33)19-5-3-2-4-16(19)27(30)31/h2-5,10-11,14-15,17,23,28H,6-9,12-13H2,1H3,(H,24,25,29). The van der Waals surface area contributed by atoms with Crippen molar-refractivity contribution in [3.8, 4) is 5.75 Å². The van der Waals surface area contributed by atoms with Crippen LogP contribution >= 0.6 is 0 Å². The smallest absolute Gasteiger partial charge is 0.289 e. The zero-order valence-corrected chi connectivity index (χ0v) is 19.9. The molecule has 13 heteroatoms. The van der Waals surface area contributed by atoms with E-state index >= 15 is 0 Å². The number of para-hydroxylation sites is 1. The molecule has 1 saturated carbocycles. The first-order valence-electron chi connectivity index (χ1n) is 11.2. The van der Waals surface area contributed by atoms with E-state index < -0.39 is 31.6 Å². The highest BCUT2D eigenvalue weighted by Gasteiger charge is 2.31. The number of ether oxygens (including phenoxy) is 1. The Morgan fingerprint density at radius 1 is 1.26 bits per heavy atom. The Labute approximate surface area is 202 Å². The van der Waals surface area contributed by atoms with E-state index in [0.717, 1.165) is 18.9 Å². The first-order chi connectivity index (χ1) is 16.7. The van der Waals surface area contributed by atoms with Gasteiger partial charge in [0.05, 0.1) is 11.0 Å². The number of fused-ring (bicyclic) bond motifs is 1. The number of rotatable bonds is 8. The zero-order chi connectivity index (χ0) is 25.2. The molecule has 0 saturated heterocycles. The van der Waals surface area contributed by atoms with Gasteiger partial charge in [-0.25, -0.2) is 18.1 Å². The van der Waals surface area contributed by atoms with Crippen LogP contribution in [0.15, 0.2) is 41.3 Å². The number of amides is 1. The lowest BCUT2D eigenvalue weighted by Crippen LogP contribution is -2.41. The Kier molecular flexibility index (Phi) is 7.19. The number of carbonyl (C=O) groups is 1. The third-order valence-corrected chi connectivity index (χ3v) is 7.96. The number of hydrogen-bond donors (Lipinski definition) is 3. The highest BCUT2D eigenvalue weighted by molar-refractivity contribution is 7.89. The molecule has 1 aliphatic heterocycles. The number of hydrogen-bond acceptors (Lipinski definition) is 9. The predicted octanol–water partition coefficient (Wildman–Crippen LogP) is 1.66. The molecule has 4 rings (SSSR count). The quantitative estimate of drug-likeness (QED) is 0.357. The van der Waals surface area contributed by atoms with Gasteiger partial charge in [0, 0.05) is 25.7 Å². The average Bonchev–Trinajstić information content (AvgIpc) is 2.86. The van der Waals surface area contributed by atoms with Gasteiger partial charge in [0.25, 0.3) is 11.6 Å². The minimum Gasteiger partial charge on any atom is -0.480 e. The molecule has 2 aliphatic rings. The normalized spacial score (nSPS) is 20.8. The fourth-order valence-corrected chi connectivity index (χ4v) is 5.71. The Morgan fingerprint density at radius 3 is 2.69 bits per heavy atom. The van der Waals surface area contributed by atoms with E-state index in [4.69, 9.17) is 4.74 Å². The second-order valence-electron chi connectivity index (χ2n) is 8.68. The summed E-state index contributed by atoms with van der Waals surface area (Å²) in [7, 11) is -2.23. The fourth-order valence-electron chi connectivity index (χ4n) is 4.49. The van der Waals surface area contributed by atoms with Crippen molar-refractivity contribution < 1.29 is 28.0 Å². The van der Waals surface area contributed by atoms with Crippen LogP contribution in [-0.4, -0.2) is 61.7 Å². The van der Waals surface area contributed by atoms with Crippen LogP contribution in [-0.2, 0) is 14.8 Å². The predicted molar refractivity (Wildman–Crippen MR) is 127 cm³/mol. The molecule has 2 aromatic rings. The molecule has 1 aliphatic carbocycles. The number of aliphatic hydroxyl groups is 1. The van der Waals surface area contributed by atoms with Gasteiger partial charge in [-0.05, 0) is 49.8 Å². The van der Waals surface area contributed by atoms with E-state index in [1.165, 1.54) is 18.2 Å². The molecule has 1 aromatic carbocycles. The molecule has 35 heavy (non-hydrogen) atoms. The molecule has 0 bridgehead atoms. The number of aliphatic hydroxyl groups excluding tert-OH is 1. The van der Waals surface area contributed by atoms with E-state index in [-0.39, 0.29) is 31.0 Å². The largest absolute Gasteiger partial charge is 0.480 e. The lowest BCUT2D eigenvalue weighted by molar-refractivity contribution is -0.387. The van der Waals surface area contributed by atoms with Crippen LogP contribution in [0, 0.1) is 16.0 Å². The Morgan fingerprint density at radius 2 is 1.97 bits per heavy atom. The van der Waals surface area contributed by atoms with Gasteiger partial charge in [-0.3, -0.25) is 14.9 Å². The van der Waals surface area contributed by atoms with Crippen molar-refractivity contribution in [1.82, 2.24) is 9.71 Å². The topological polar surface area (TPSA) is 164 Å². The van der Waals surface area contributed by atoms with Crippen molar-refractivity contribution in [2.75, 3.05) is 30.4 Å². The number of nitro groups is 1. The highest BCUT2D eigenvalue weighted by Crippen LogP contribution is 2.33. The summed E-state index contributed by atoms with van der Waals surface area (Å²) in [5.41, 5.74) is -0.514. The van der Waals surface area contributed by atoms with Crippen LogP contribution in [0.1, 0.15) is 25.7 Å². The summed E-state index contributed by atoms with van der Waals surface area (Å²) in [5.74, 6) is 1.24. The molecule has 0 radical (unpaired) electrons. The maximum atomic E-state index is 12.6. The van der Waals surface area contributed by atoms with Crippen molar-refractivity contribution in [1.29, 1.82) is 0 Å². The summed E-state index contributed by atoms with van der Waals surface area (Å²) < 4.78 is 32.8. The van der Waals surface area contributed by atoms with Gasteiger partial charge in [-0.15, -0.1) is 0 Å². The van der Waals surface area contributed by atoms with E-state index in [0.29, 0.717) is 30.2 Å². The number of benzene rings is 1. The monoisotopic (exact) mass is 505 g/mol. The number of nitrogens with one attached hydrogen (secondary N) is 2. The summed E-state index contributed by atoms with van der Waals surface area (Å²) in [6.45, 7) is -0.264. The van der Waals surface area contributed by atoms with Crippen LogP contribution in [0.4, 0.5) is 17.3 Å². The number of sulfonamides is 1. The Hall–Kier alpha value is -3.29. The Balaban J connectivity index is 1.32. The Bertz CT molecular complexity index is 1210. The lowest BCUT2D eigenvalue weighted by Gasteiger charge is -2.37. The highest BCUT2D eigenvalue weighted by atomic mass is 32.2. The summed E-state index contributed by atoms with van der Waals surface area (Å²) in [6.07, 6.45) is 1.95. The van der Waals surface area contributed by atoms with Gasteiger partial charge in [0.15, 0.2) is 23.1 Å². The number of aromatic nitrogens is 1. The summed E-state index contributed by atoms with van der Waals surface area (Å²) in [4.78, 5) is 28.1. The van der Waals surface area contributed by atoms with E-state index in [2.05, 4.69) is 15.0 Å². The van der Waals surface area contributed by atoms with Gasteiger partial charge in [-0.2, -0.15) is 0 Å². The van der Waals surface area contributed by atoms with E-state index in [1.807, 2.05) is 18.0 Å². The van der Waals surface area contributed by atoms with Crippen molar-refractivity contribution in [2.24, 2.45) is 5.92 Å². The first kappa shape index (κ1) is 24.8. The SMILES string of the molecule is CN(c1ccc2c(n1)NC(=O)CO2)C1CCC(C(O)CNS(=O)(=O)c2ccccc2[N+](=O)[O-])CC1. The molecule has 0 spiro atoms. The maximum Gasteiger partial charge on any atom is 0.289 e. The van der Waals surface area contributed by atoms with Crippen LogP contribution < -0.4 is 19.7 Å². The number of carbonyl (C=O) groups excluding carboxylic acids is 1. The lowest BCUT2D eigenvalue weighted by atomic mass is 9.82. The number of nitro benzene ring substituents is 1. The first-order valence-corrected chi connectivity index (χ1v) is 12.7. The molecule has 1 fully saturated rings. The third-order valence-electron chi connectivity index (χ3n) is 6.49. The van der Waals surface area contributed by atoms with E-state index in [1.54, 1.807) is 6.07 Å². The van der Waals surface area contributed by atoms with Crippen molar-refractivity contribution >= 4 is 33.3 Å². The second kappa shape index (κ2) is 10.1. The van der Waals surface area contributed by atoms with Crippen LogP contribution in [0.2, 0.25) is 0 Å². The summed E-state index contributed by atoms with van der Waals surface area (Å²) in [6, 6.07) is 8.86. The fraction of sp³-hybridized carbons (Fsp3) is 0.455. The van der Waals surface area contributed by atoms with Gasteiger partial charge >= 0.3 is 0 Å². The minimum absolute atomic E-state index is 0.0331. The summed E-state index contributed by atoms with van der Waals surface area (Å²) in [5, 5.41) is 24.5. The van der Waals surface area contributed by atoms with Gasteiger partial charge < -0.3 is 20.1 Å². The van der Waals surface area contributed by atoms with Gasteiger partial charge in [0.2, 0.25) is 10.0 Å². The van der Waals surface area contributed by atoms with Crippen LogP contribution in [0.3, 0.4) is 0 Å². The molecule has 2 heterocycles. The molecule has 188 valence electrons.